The minimum absolute atomic E-state index is 0. The molecule has 0 aliphatic carbocycles. The number of hydrogen-bond acceptors (Lipinski definition) is 2. The van der Waals surface area contributed by atoms with Crippen LogP contribution in [0.15, 0.2) is 0 Å². The first-order valence-corrected chi connectivity index (χ1v) is 0. The van der Waals surface area contributed by atoms with Crippen molar-refractivity contribution in [3.05, 3.63) is 0 Å². The molecule has 0 aliphatic heterocycles. The molecule has 0 heterocycles. The van der Waals surface area contributed by atoms with Gasteiger partial charge in [0.25, 0.3) is 0 Å². The monoisotopic (exact) mass is 200 g/mol. The molecule has 0 saturated carbocycles. The molecule has 6 nitrogen and oxygen atoms in total. The van der Waals surface area contributed by atoms with Crippen molar-refractivity contribution in [3.8, 4) is 0 Å². The maximum Gasteiger partial charge on any atom is 4.00 e. The van der Waals surface area contributed by atoms with Crippen LogP contribution in [0, 0.1) is 0 Å². The molecule has 0 spiro atoms. The molecule has 0 unspecified atom stereocenters. The zero-order valence-electron chi connectivity index (χ0n) is 4.12. The van der Waals surface area contributed by atoms with Crippen molar-refractivity contribution in [2.75, 3.05) is 0 Å². The van der Waals surface area contributed by atoms with E-state index in [0.717, 1.165) is 0 Å². The smallest absolute Gasteiger partial charge is 2.00 e. The molecule has 50 valence electrons. The summed E-state index contributed by atoms with van der Waals surface area (Å²) in [6.07, 6.45) is 0. The third kappa shape index (κ3) is 635. The first kappa shape index (κ1) is 1540. The molecule has 0 saturated heterocycles. The van der Waals surface area contributed by atoms with Crippen LogP contribution in [0.2, 0.25) is 0 Å². The third-order valence-electron chi connectivity index (χ3n) is 0. The van der Waals surface area contributed by atoms with E-state index in [4.69, 9.17) is 0 Å². The van der Waals surface area contributed by atoms with Crippen LogP contribution in [-0.2, 0) is 32.0 Å². The summed E-state index contributed by atoms with van der Waals surface area (Å²) in [5, 5.41) is 0. The molecule has 0 aliphatic rings. The van der Waals surface area contributed by atoms with Crippen LogP contribution >= 0.6 is 0 Å². The molecule has 10 N–H and O–H groups in total. The number of rotatable bonds is 0. The molecule has 0 aromatic carbocycles. The van der Waals surface area contributed by atoms with Gasteiger partial charge in [0.15, 0.2) is 0 Å². The summed E-state index contributed by atoms with van der Waals surface area (Å²) in [5.74, 6) is 0. The molecule has 7 heteroatoms. The van der Waals surface area contributed by atoms with E-state index in [2.05, 4.69) is 0 Å². The Morgan fingerprint density at radius 3 is 0.571 bits per heavy atom. The van der Waals surface area contributed by atoms with Crippen molar-refractivity contribution >= 4 is 0 Å². The Morgan fingerprint density at radius 2 is 0.571 bits per heavy atom. The summed E-state index contributed by atoms with van der Waals surface area (Å²) in [5.41, 5.74) is 0. The normalized spacial score (nSPS) is 0. The maximum absolute atomic E-state index is 0. The summed E-state index contributed by atoms with van der Waals surface area (Å²) < 4.78 is 0. The van der Waals surface area contributed by atoms with Gasteiger partial charge in [0.2, 0.25) is 0 Å². The molecule has 0 aromatic rings. The molecule has 0 radical (unpaired) electrons. The average molecular weight is 198 g/mol. The van der Waals surface area contributed by atoms with Crippen molar-refractivity contribution in [3.63, 3.8) is 0 Å². The molecule has 0 fully saturated rings. The van der Waals surface area contributed by atoms with E-state index in [0.29, 0.717) is 0 Å². The van der Waals surface area contributed by atoms with Crippen molar-refractivity contribution in [2.24, 2.45) is 0 Å². The van der Waals surface area contributed by atoms with Gasteiger partial charge in [-0.25, -0.2) is 0 Å². The molecule has 7 heavy (non-hydrogen) atoms. The minimum Gasteiger partial charge on any atom is -2.00 e. The van der Waals surface area contributed by atoms with Crippen LogP contribution in [0.1, 0.15) is 0 Å². The Bertz CT molecular complexity index is 9.65. The first-order chi connectivity index (χ1) is 0. The van der Waals surface area contributed by atoms with E-state index in [-0.39, 0.29) is 55.3 Å². The number of hydrogen-bond donors (Lipinski definition) is 2. The second-order valence-corrected chi connectivity index (χ2v) is 0. The summed E-state index contributed by atoms with van der Waals surface area (Å²) in [6.45, 7) is 0. The fourth-order valence-electron chi connectivity index (χ4n) is 0. The number of quaternary nitrogens is 2. The van der Waals surface area contributed by atoms with Crippen molar-refractivity contribution < 1.29 is 43.0 Å². The summed E-state index contributed by atoms with van der Waals surface area (Å²) in [4.78, 5) is 0. The van der Waals surface area contributed by atoms with Gasteiger partial charge in [-0.15, -0.1) is 0 Å². The summed E-state index contributed by atoms with van der Waals surface area (Å²) >= 11 is 0. The molecule has 0 aromatic heterocycles. The summed E-state index contributed by atoms with van der Waals surface area (Å²) in [6, 6.07) is 0. The van der Waals surface area contributed by atoms with Gasteiger partial charge in [-0.2, -0.15) is 0 Å². The zero-order chi connectivity index (χ0) is 0. The quantitative estimate of drug-likeness (QED) is 0.524. The van der Waals surface area contributed by atoms with Crippen molar-refractivity contribution in [1.29, 1.82) is 0 Å². The Morgan fingerprint density at radius 1 is 0.571 bits per heavy atom. The largest absolute Gasteiger partial charge is 4.00 e. The van der Waals surface area contributed by atoms with Crippen molar-refractivity contribution in [2.45, 2.75) is 0 Å². The zero-order valence-corrected chi connectivity index (χ0v) is 6.13. The Labute approximate surface area is 56.0 Å². The molecule has 0 rings (SSSR count). The molecule has 0 atom stereocenters. The molecular formula is H10MoN2O4. The Kier molecular flexibility index (Phi) is 210000. The maximum atomic E-state index is 0. The Hall–Kier alpha value is 0.448. The topological polar surface area (TPSA) is 190 Å². The minimum atomic E-state index is 0. The summed E-state index contributed by atoms with van der Waals surface area (Å²) in [7, 11) is 0. The molecule has 0 amide bonds. The van der Waals surface area contributed by atoms with E-state index >= 15 is 0 Å². The van der Waals surface area contributed by atoms with Gasteiger partial charge in [-0.05, 0) is 0 Å². The van der Waals surface area contributed by atoms with Crippen LogP contribution < -0.4 is 12.3 Å². The fourth-order valence-corrected chi connectivity index (χ4v) is 0. The van der Waals surface area contributed by atoms with E-state index < -0.39 is 0 Å². The average Bonchev–Trinajstić information content (AvgIpc) is 0. The van der Waals surface area contributed by atoms with Crippen LogP contribution in [0.3, 0.4) is 0 Å². The van der Waals surface area contributed by atoms with Gasteiger partial charge < -0.3 is 34.2 Å². The standard InChI is InChI=1S/Mo.2H3N.2H2O.2O/h;2*1H3;2*1H2;;/q+4;;;;;2*-2. The van der Waals surface area contributed by atoms with Crippen LogP contribution in [0.25, 0.3) is 0 Å². The molecule has 0 bridgehead atoms. The third-order valence-corrected chi connectivity index (χ3v) is 0. The molecular weight excluding hydrogens is 188 g/mol. The second-order valence-electron chi connectivity index (χ2n) is 0. The SMILES string of the molecule is [Mo+4].[NH4+].[NH4+].[O-2].[O-2].[OH-].[OH-]. The van der Waals surface area contributed by atoms with Gasteiger partial charge in [0, 0.05) is 0 Å². The van der Waals surface area contributed by atoms with Crippen LogP contribution in [0.5, 0.6) is 0 Å². The van der Waals surface area contributed by atoms with Gasteiger partial charge >= 0.3 is 21.1 Å². The van der Waals surface area contributed by atoms with E-state index in [1.54, 1.807) is 0 Å². The van der Waals surface area contributed by atoms with E-state index in [1.165, 1.54) is 0 Å². The van der Waals surface area contributed by atoms with Crippen molar-refractivity contribution in [1.82, 2.24) is 12.3 Å². The van der Waals surface area contributed by atoms with E-state index in [1.807, 2.05) is 0 Å². The van der Waals surface area contributed by atoms with Crippen LogP contribution in [-0.4, -0.2) is 11.0 Å². The fraction of sp³-hybridized carbons (Fsp3) is 0. The second kappa shape index (κ2) is 952. The first-order valence-electron chi connectivity index (χ1n) is 0. The predicted octanol–water partition coefficient (Wildman–Crippen LogP) is 0.159. The van der Waals surface area contributed by atoms with Gasteiger partial charge in [-0.1, -0.05) is 0 Å². The van der Waals surface area contributed by atoms with Gasteiger partial charge in [-0.3, -0.25) is 0 Å². The van der Waals surface area contributed by atoms with Crippen LogP contribution in [0.4, 0.5) is 0 Å². The Balaban J connectivity index is 0. The predicted molar refractivity (Wildman–Crippen MR) is 17.2 cm³/mol. The van der Waals surface area contributed by atoms with E-state index in [9.17, 15) is 0 Å². The van der Waals surface area contributed by atoms with Gasteiger partial charge in [0.1, 0.15) is 0 Å². The van der Waals surface area contributed by atoms with Gasteiger partial charge in [0.05, 0.1) is 0 Å².